The fraction of sp³-hybridized carbons (Fsp3) is 0.417. The number of hydrogen-bond acceptors (Lipinski definition) is 4. The molecule has 0 spiro atoms. The van der Waals surface area contributed by atoms with E-state index in [0.29, 0.717) is 16.4 Å². The van der Waals surface area contributed by atoms with E-state index in [2.05, 4.69) is 5.32 Å². The maximum absolute atomic E-state index is 11.9. The fourth-order valence-electron chi connectivity index (χ4n) is 1.32. The Hall–Kier alpha value is -0.910. The van der Waals surface area contributed by atoms with Crippen molar-refractivity contribution in [2.75, 3.05) is 17.7 Å². The summed E-state index contributed by atoms with van der Waals surface area (Å²) in [5.41, 5.74) is 6.66. The second-order valence-electron chi connectivity index (χ2n) is 4.00. The largest absolute Gasteiger partial charge is 0.399 e. The highest BCUT2D eigenvalue weighted by Gasteiger charge is 2.17. The van der Waals surface area contributed by atoms with Crippen molar-refractivity contribution in [1.82, 2.24) is 0 Å². The molecule has 0 aromatic heterocycles. The maximum Gasteiger partial charge on any atom is 0.237 e. The van der Waals surface area contributed by atoms with Gasteiger partial charge in [0, 0.05) is 10.9 Å². The highest BCUT2D eigenvalue weighted by Crippen LogP contribution is 2.25. The second kappa shape index (κ2) is 6.87. The van der Waals surface area contributed by atoms with Crippen LogP contribution in [0.1, 0.15) is 13.8 Å². The number of nitrogen functional groups attached to an aromatic ring is 1. The smallest absolute Gasteiger partial charge is 0.237 e. The van der Waals surface area contributed by atoms with E-state index in [-0.39, 0.29) is 23.0 Å². The van der Waals surface area contributed by atoms with Crippen molar-refractivity contribution in [2.24, 2.45) is 0 Å². The van der Waals surface area contributed by atoms with E-state index in [1.165, 1.54) is 11.8 Å². The number of amides is 1. The minimum Gasteiger partial charge on any atom is -0.399 e. The summed E-state index contributed by atoms with van der Waals surface area (Å²) in [6.07, 6.45) is 0. The number of rotatable bonds is 5. The summed E-state index contributed by atoms with van der Waals surface area (Å²) >= 11 is 7.38. The molecule has 0 heterocycles. The van der Waals surface area contributed by atoms with Gasteiger partial charge >= 0.3 is 0 Å². The fourth-order valence-corrected chi connectivity index (χ4v) is 2.52. The van der Waals surface area contributed by atoms with E-state index in [4.69, 9.17) is 22.4 Å². The first-order chi connectivity index (χ1) is 8.43. The number of anilines is 2. The number of benzene rings is 1. The van der Waals surface area contributed by atoms with E-state index in [1.807, 2.05) is 6.92 Å². The van der Waals surface area contributed by atoms with Gasteiger partial charge < -0.3 is 16.2 Å². The van der Waals surface area contributed by atoms with Crippen LogP contribution in [0.2, 0.25) is 5.02 Å². The molecule has 0 aliphatic heterocycles. The van der Waals surface area contributed by atoms with Crippen LogP contribution in [0.15, 0.2) is 18.2 Å². The summed E-state index contributed by atoms with van der Waals surface area (Å²) in [5, 5.41) is 11.9. The molecule has 4 N–H and O–H groups in total. The highest BCUT2D eigenvalue weighted by molar-refractivity contribution is 8.01. The Morgan fingerprint density at radius 3 is 2.78 bits per heavy atom. The number of halogens is 1. The van der Waals surface area contributed by atoms with Crippen molar-refractivity contribution in [3.63, 3.8) is 0 Å². The predicted octanol–water partition coefficient (Wildman–Crippen LogP) is 2.36. The normalized spacial score (nSPS) is 14.0. The molecular weight excluding hydrogens is 272 g/mol. The number of nitrogens with one attached hydrogen (secondary N) is 1. The van der Waals surface area contributed by atoms with Crippen LogP contribution in [-0.2, 0) is 4.79 Å². The van der Waals surface area contributed by atoms with E-state index in [0.717, 1.165) is 0 Å². The molecule has 1 aromatic rings. The predicted molar refractivity (Wildman–Crippen MR) is 78.1 cm³/mol. The molecule has 4 nitrogen and oxygen atoms in total. The zero-order valence-corrected chi connectivity index (χ0v) is 11.9. The van der Waals surface area contributed by atoms with Gasteiger partial charge in [0.05, 0.1) is 22.6 Å². The molecule has 18 heavy (non-hydrogen) atoms. The van der Waals surface area contributed by atoms with E-state index in [9.17, 15) is 4.79 Å². The van der Waals surface area contributed by atoms with Crippen LogP contribution >= 0.6 is 23.4 Å². The average molecular weight is 289 g/mol. The van der Waals surface area contributed by atoms with Gasteiger partial charge in [0.2, 0.25) is 5.91 Å². The van der Waals surface area contributed by atoms with Crippen molar-refractivity contribution in [3.05, 3.63) is 23.2 Å². The summed E-state index contributed by atoms with van der Waals surface area (Å²) in [7, 11) is 0. The minimum atomic E-state index is -0.263. The molecule has 0 saturated heterocycles. The first kappa shape index (κ1) is 15.1. The van der Waals surface area contributed by atoms with Gasteiger partial charge in [0.1, 0.15) is 0 Å². The first-order valence-corrected chi connectivity index (χ1v) is 6.88. The zero-order chi connectivity index (χ0) is 13.7. The van der Waals surface area contributed by atoms with Crippen LogP contribution in [0, 0.1) is 0 Å². The molecule has 0 radical (unpaired) electrons. The number of thioether (sulfide) groups is 1. The van der Waals surface area contributed by atoms with Gasteiger partial charge in [0.15, 0.2) is 0 Å². The van der Waals surface area contributed by atoms with Crippen LogP contribution < -0.4 is 11.1 Å². The summed E-state index contributed by atoms with van der Waals surface area (Å²) in [6.45, 7) is 3.70. The molecular formula is C12H17ClN2O2S. The molecule has 0 aliphatic carbocycles. The lowest BCUT2D eigenvalue weighted by molar-refractivity contribution is -0.115. The lowest BCUT2D eigenvalue weighted by atomic mass is 10.2. The van der Waals surface area contributed by atoms with Gasteiger partial charge in [0.25, 0.3) is 0 Å². The molecule has 1 aromatic carbocycles. The Balaban J connectivity index is 2.64. The maximum atomic E-state index is 11.9. The SMILES string of the molecule is CC(CO)SC(C)C(=O)Nc1ccc(N)cc1Cl. The third-order valence-corrected chi connectivity index (χ3v) is 3.86. The number of aliphatic hydroxyl groups is 1. The summed E-state index contributed by atoms with van der Waals surface area (Å²) < 4.78 is 0. The molecule has 2 atom stereocenters. The van der Waals surface area contributed by atoms with Crippen molar-refractivity contribution < 1.29 is 9.90 Å². The minimum absolute atomic E-state index is 0.0210. The monoisotopic (exact) mass is 288 g/mol. The average Bonchev–Trinajstić information content (AvgIpc) is 2.32. The molecule has 2 unspecified atom stereocenters. The van der Waals surface area contributed by atoms with Gasteiger partial charge in [-0.25, -0.2) is 0 Å². The Bertz CT molecular complexity index is 429. The molecule has 100 valence electrons. The van der Waals surface area contributed by atoms with Crippen LogP contribution in [0.25, 0.3) is 0 Å². The Labute approximate surface area is 116 Å². The molecule has 0 saturated carbocycles. The van der Waals surface area contributed by atoms with Crippen molar-refractivity contribution in [3.8, 4) is 0 Å². The van der Waals surface area contributed by atoms with Gasteiger partial charge in [-0.2, -0.15) is 0 Å². The number of nitrogens with two attached hydrogens (primary N) is 1. The summed E-state index contributed by atoms with van der Waals surface area (Å²) in [6, 6.07) is 4.93. The molecule has 0 fully saturated rings. The Kier molecular flexibility index (Phi) is 5.78. The van der Waals surface area contributed by atoms with Gasteiger partial charge in [-0.05, 0) is 25.1 Å². The van der Waals surface area contributed by atoms with Crippen LogP contribution in [0.3, 0.4) is 0 Å². The van der Waals surface area contributed by atoms with Crippen LogP contribution in [-0.4, -0.2) is 28.1 Å². The van der Waals surface area contributed by atoms with Crippen molar-refractivity contribution in [2.45, 2.75) is 24.3 Å². The standard InChI is InChI=1S/C12H17ClN2O2S/c1-7(6-16)18-8(2)12(17)15-11-4-3-9(14)5-10(11)13/h3-5,7-8,16H,6,14H2,1-2H3,(H,15,17). The van der Waals surface area contributed by atoms with Crippen molar-refractivity contribution >= 4 is 40.6 Å². The number of hydrogen-bond donors (Lipinski definition) is 3. The van der Waals surface area contributed by atoms with Gasteiger partial charge in [-0.1, -0.05) is 18.5 Å². The highest BCUT2D eigenvalue weighted by atomic mass is 35.5. The Morgan fingerprint density at radius 1 is 1.56 bits per heavy atom. The van der Waals surface area contributed by atoms with Crippen molar-refractivity contribution in [1.29, 1.82) is 0 Å². The topological polar surface area (TPSA) is 75.3 Å². The number of carbonyl (C=O) groups excluding carboxylic acids is 1. The molecule has 0 bridgehead atoms. The van der Waals surface area contributed by atoms with E-state index in [1.54, 1.807) is 25.1 Å². The van der Waals surface area contributed by atoms with Gasteiger partial charge in [-0.3, -0.25) is 4.79 Å². The molecule has 6 heteroatoms. The lowest BCUT2D eigenvalue weighted by Gasteiger charge is -2.16. The quantitative estimate of drug-likeness (QED) is 0.727. The molecule has 1 amide bonds. The van der Waals surface area contributed by atoms with Crippen LogP contribution in [0.4, 0.5) is 11.4 Å². The third kappa shape index (κ3) is 4.40. The first-order valence-electron chi connectivity index (χ1n) is 5.56. The molecule has 0 aliphatic rings. The lowest BCUT2D eigenvalue weighted by Crippen LogP contribution is -2.25. The summed E-state index contributed by atoms with van der Waals surface area (Å²) in [5.74, 6) is -0.146. The van der Waals surface area contributed by atoms with E-state index < -0.39 is 0 Å². The van der Waals surface area contributed by atoms with Gasteiger partial charge in [-0.15, -0.1) is 11.8 Å². The second-order valence-corrected chi connectivity index (χ2v) is 6.19. The Morgan fingerprint density at radius 2 is 2.22 bits per heavy atom. The summed E-state index contributed by atoms with van der Waals surface area (Å²) in [4.78, 5) is 11.9. The number of aliphatic hydroxyl groups excluding tert-OH is 1. The molecule has 1 rings (SSSR count). The van der Waals surface area contributed by atoms with Crippen LogP contribution in [0.5, 0.6) is 0 Å². The third-order valence-electron chi connectivity index (χ3n) is 2.31. The zero-order valence-electron chi connectivity index (χ0n) is 10.3. The number of carbonyl (C=O) groups is 1. The van der Waals surface area contributed by atoms with E-state index >= 15 is 0 Å².